The van der Waals surface area contributed by atoms with Crippen molar-refractivity contribution in [1.82, 2.24) is 14.7 Å². The molecule has 182 valence electrons. The van der Waals surface area contributed by atoms with Crippen molar-refractivity contribution in [2.45, 2.75) is 66.5 Å². The summed E-state index contributed by atoms with van der Waals surface area (Å²) in [5.41, 5.74) is 6.73. The van der Waals surface area contributed by atoms with E-state index in [1.54, 1.807) is 0 Å². The van der Waals surface area contributed by atoms with Crippen molar-refractivity contribution in [1.29, 1.82) is 0 Å². The molecule has 0 saturated carbocycles. The number of nitrogens with zero attached hydrogens (tertiary/aromatic N) is 4. The van der Waals surface area contributed by atoms with E-state index in [1.807, 2.05) is 43.9 Å². The van der Waals surface area contributed by atoms with Crippen molar-refractivity contribution in [3.8, 4) is 11.1 Å². The Bertz CT molecular complexity index is 1400. The average Bonchev–Trinajstić information content (AvgIpc) is 3.34. The molecular formula is C28H31ClN4O2. The minimum atomic E-state index is -0.149. The fraction of sp³-hybridized carbons (Fsp3) is 0.393. The quantitative estimate of drug-likeness (QED) is 0.297. The van der Waals surface area contributed by atoms with Crippen LogP contribution >= 0.6 is 11.6 Å². The second-order valence-electron chi connectivity index (χ2n) is 9.98. The molecule has 0 radical (unpaired) electrons. The number of rotatable bonds is 5. The summed E-state index contributed by atoms with van der Waals surface area (Å²) in [7, 11) is 0. The van der Waals surface area contributed by atoms with Crippen molar-refractivity contribution >= 4 is 34.2 Å². The molecule has 1 fully saturated rings. The SMILES string of the molecule is Cc1ccc(N2C(=O)CCC[C@H]2c2nc3cc(-c4c(C)noc4C)ccc3n2CC(C)C)cc1Cl. The Morgan fingerprint density at radius 3 is 2.63 bits per heavy atom. The highest BCUT2D eigenvalue weighted by molar-refractivity contribution is 6.31. The minimum Gasteiger partial charge on any atom is -0.361 e. The van der Waals surface area contributed by atoms with E-state index in [4.69, 9.17) is 21.1 Å². The first kappa shape index (κ1) is 23.6. The predicted octanol–water partition coefficient (Wildman–Crippen LogP) is 7.18. The van der Waals surface area contributed by atoms with Gasteiger partial charge in [-0.3, -0.25) is 4.79 Å². The zero-order valence-electron chi connectivity index (χ0n) is 20.9. The Hall–Kier alpha value is -3.12. The summed E-state index contributed by atoms with van der Waals surface area (Å²) in [5, 5.41) is 4.78. The van der Waals surface area contributed by atoms with Crippen LogP contribution < -0.4 is 4.90 Å². The zero-order valence-corrected chi connectivity index (χ0v) is 21.7. The van der Waals surface area contributed by atoms with Crippen molar-refractivity contribution < 1.29 is 9.32 Å². The smallest absolute Gasteiger partial charge is 0.227 e. The molecule has 2 aromatic carbocycles. The third kappa shape index (κ3) is 4.25. The van der Waals surface area contributed by atoms with Crippen LogP contribution in [0.25, 0.3) is 22.2 Å². The van der Waals surface area contributed by atoms with Gasteiger partial charge in [-0.15, -0.1) is 0 Å². The first-order chi connectivity index (χ1) is 16.7. The number of piperidine rings is 1. The minimum absolute atomic E-state index is 0.112. The number of halogens is 1. The molecule has 3 heterocycles. The number of carbonyl (C=O) groups is 1. The highest BCUT2D eigenvalue weighted by atomic mass is 35.5. The summed E-state index contributed by atoms with van der Waals surface area (Å²) in [4.78, 5) is 20.3. The van der Waals surface area contributed by atoms with Gasteiger partial charge in [0.05, 0.1) is 22.8 Å². The number of anilines is 1. The lowest BCUT2D eigenvalue weighted by atomic mass is 9.99. The molecule has 0 bridgehead atoms. The molecule has 6 nitrogen and oxygen atoms in total. The molecule has 7 heteroatoms. The molecule has 1 aliphatic rings. The molecule has 5 rings (SSSR count). The van der Waals surface area contributed by atoms with Gasteiger partial charge in [-0.2, -0.15) is 0 Å². The molecule has 0 N–H and O–H groups in total. The summed E-state index contributed by atoms with van der Waals surface area (Å²) >= 11 is 6.46. The molecule has 0 aliphatic carbocycles. The van der Waals surface area contributed by atoms with E-state index in [1.165, 1.54) is 0 Å². The maximum Gasteiger partial charge on any atom is 0.227 e. The molecule has 0 unspecified atom stereocenters. The lowest BCUT2D eigenvalue weighted by molar-refractivity contribution is -0.120. The Labute approximate surface area is 210 Å². The molecule has 1 aliphatic heterocycles. The van der Waals surface area contributed by atoms with E-state index >= 15 is 0 Å². The number of aryl methyl sites for hydroxylation is 3. The zero-order chi connectivity index (χ0) is 24.9. The van der Waals surface area contributed by atoms with E-state index in [-0.39, 0.29) is 11.9 Å². The average molecular weight is 491 g/mol. The fourth-order valence-corrected chi connectivity index (χ4v) is 5.36. The van der Waals surface area contributed by atoms with Crippen molar-refractivity contribution in [2.75, 3.05) is 4.90 Å². The van der Waals surface area contributed by atoms with Crippen LogP contribution in [0.3, 0.4) is 0 Å². The number of amides is 1. The third-order valence-corrected chi connectivity index (χ3v) is 7.23. The van der Waals surface area contributed by atoms with Gasteiger partial charge in [-0.25, -0.2) is 4.98 Å². The number of aromatic nitrogens is 3. The molecular weight excluding hydrogens is 460 g/mol. The number of benzene rings is 2. The summed E-state index contributed by atoms with van der Waals surface area (Å²) in [6.07, 6.45) is 2.23. The van der Waals surface area contributed by atoms with Crippen molar-refractivity contribution in [3.63, 3.8) is 0 Å². The summed E-state index contributed by atoms with van der Waals surface area (Å²) in [6.45, 7) is 11.1. The number of hydrogen-bond donors (Lipinski definition) is 0. The van der Waals surface area contributed by atoms with Crippen molar-refractivity contribution in [3.05, 3.63) is 64.3 Å². The van der Waals surface area contributed by atoms with E-state index < -0.39 is 0 Å². The highest BCUT2D eigenvalue weighted by Gasteiger charge is 2.34. The highest BCUT2D eigenvalue weighted by Crippen LogP contribution is 2.39. The molecule has 2 aromatic heterocycles. The molecule has 0 spiro atoms. The van der Waals surface area contributed by atoms with Gasteiger partial charge in [-0.05, 0) is 74.9 Å². The van der Waals surface area contributed by atoms with Gasteiger partial charge in [-0.1, -0.05) is 42.7 Å². The number of carbonyl (C=O) groups excluding carboxylic acids is 1. The van der Waals surface area contributed by atoms with Gasteiger partial charge in [0.2, 0.25) is 5.91 Å². The first-order valence-electron chi connectivity index (χ1n) is 12.3. The number of imidazole rings is 1. The fourth-order valence-electron chi connectivity index (χ4n) is 5.18. The van der Waals surface area contributed by atoms with E-state index in [0.29, 0.717) is 17.4 Å². The Morgan fingerprint density at radius 2 is 1.94 bits per heavy atom. The van der Waals surface area contributed by atoms with Crippen LogP contribution in [0.4, 0.5) is 5.69 Å². The van der Waals surface area contributed by atoms with Gasteiger partial charge < -0.3 is 14.0 Å². The molecule has 1 amide bonds. The van der Waals surface area contributed by atoms with E-state index in [0.717, 1.165) is 70.1 Å². The van der Waals surface area contributed by atoms with Crippen LogP contribution in [0, 0.1) is 26.7 Å². The largest absolute Gasteiger partial charge is 0.361 e. The third-order valence-electron chi connectivity index (χ3n) is 6.83. The lowest BCUT2D eigenvalue weighted by Crippen LogP contribution is -2.39. The van der Waals surface area contributed by atoms with Crippen LogP contribution in [0.1, 0.15) is 62.0 Å². The Kier molecular flexibility index (Phi) is 6.18. The van der Waals surface area contributed by atoms with Gasteiger partial charge in [0.25, 0.3) is 0 Å². The second kappa shape index (κ2) is 9.15. The predicted molar refractivity (Wildman–Crippen MR) is 140 cm³/mol. The number of fused-ring (bicyclic) bond motifs is 1. The monoisotopic (exact) mass is 490 g/mol. The van der Waals surface area contributed by atoms with Crippen LogP contribution in [0.15, 0.2) is 40.9 Å². The summed E-state index contributed by atoms with van der Waals surface area (Å²) < 4.78 is 7.70. The van der Waals surface area contributed by atoms with Crippen LogP contribution in [0.2, 0.25) is 5.02 Å². The van der Waals surface area contributed by atoms with Gasteiger partial charge in [0.1, 0.15) is 11.6 Å². The van der Waals surface area contributed by atoms with Crippen molar-refractivity contribution in [2.24, 2.45) is 5.92 Å². The summed E-state index contributed by atoms with van der Waals surface area (Å²) in [6, 6.07) is 12.1. The molecule has 4 aromatic rings. The Morgan fingerprint density at radius 1 is 1.14 bits per heavy atom. The molecule has 35 heavy (non-hydrogen) atoms. The molecule has 1 saturated heterocycles. The maximum atomic E-state index is 13.2. The van der Waals surface area contributed by atoms with Crippen LogP contribution in [-0.4, -0.2) is 20.6 Å². The molecule has 1 atom stereocenters. The standard InChI is InChI=1S/C28H31ClN4O2/c1-16(2)15-32-24-12-10-20(27-18(4)31-35-19(27)5)13-23(24)30-28(32)25-7-6-8-26(34)33(25)21-11-9-17(3)22(29)14-21/h9-14,16,25H,6-8,15H2,1-5H3/t25-/m0/s1. The second-order valence-corrected chi connectivity index (χ2v) is 10.4. The summed E-state index contributed by atoms with van der Waals surface area (Å²) in [5.74, 6) is 2.26. The van der Waals surface area contributed by atoms with Gasteiger partial charge >= 0.3 is 0 Å². The Balaban J connectivity index is 1.66. The maximum absolute atomic E-state index is 13.2. The number of hydrogen-bond acceptors (Lipinski definition) is 4. The van der Waals surface area contributed by atoms with Gasteiger partial charge in [0.15, 0.2) is 0 Å². The normalized spacial score (nSPS) is 16.6. The first-order valence-corrected chi connectivity index (χ1v) is 12.6. The lowest BCUT2D eigenvalue weighted by Gasteiger charge is -2.36. The van der Waals surface area contributed by atoms with E-state index in [2.05, 4.69) is 41.8 Å². The topological polar surface area (TPSA) is 64.2 Å². The van der Waals surface area contributed by atoms with Gasteiger partial charge in [0, 0.05) is 29.2 Å². The van der Waals surface area contributed by atoms with Crippen LogP contribution in [-0.2, 0) is 11.3 Å². The van der Waals surface area contributed by atoms with E-state index in [9.17, 15) is 4.79 Å². The van der Waals surface area contributed by atoms with Crippen LogP contribution in [0.5, 0.6) is 0 Å².